The number of phenols is 1. The summed E-state index contributed by atoms with van der Waals surface area (Å²) in [6.07, 6.45) is 0.564. The molecule has 6 nitrogen and oxygen atoms in total. The Balaban J connectivity index is 1.71. The summed E-state index contributed by atoms with van der Waals surface area (Å²) >= 11 is 0. The van der Waals surface area contributed by atoms with Gasteiger partial charge in [-0.15, -0.1) is 0 Å². The number of fused-ring (bicyclic) bond motifs is 1. The zero-order valence-electron chi connectivity index (χ0n) is 16.3. The SMILES string of the molecule is O=C(O)c1cc(S(=O)(=O)Nc2cc(Cc3ccccc3)ccc2O)cc2ccccc12. The fraction of sp³-hybridized carbons (Fsp3) is 0.0417. The molecular weight excluding hydrogens is 414 g/mol. The summed E-state index contributed by atoms with van der Waals surface area (Å²) in [6.45, 7) is 0. The van der Waals surface area contributed by atoms with Crippen molar-refractivity contribution in [1.82, 2.24) is 0 Å². The van der Waals surface area contributed by atoms with Crippen LogP contribution in [0.5, 0.6) is 5.75 Å². The van der Waals surface area contributed by atoms with E-state index in [4.69, 9.17) is 0 Å². The highest BCUT2D eigenvalue weighted by atomic mass is 32.2. The van der Waals surface area contributed by atoms with Crippen molar-refractivity contribution in [2.24, 2.45) is 0 Å². The van der Waals surface area contributed by atoms with Gasteiger partial charge in [-0.05, 0) is 52.6 Å². The lowest BCUT2D eigenvalue weighted by molar-refractivity contribution is 0.0699. The summed E-state index contributed by atoms with van der Waals surface area (Å²) in [5, 5.41) is 20.7. The summed E-state index contributed by atoms with van der Waals surface area (Å²) in [4.78, 5) is 11.5. The van der Waals surface area contributed by atoms with Crippen LogP contribution in [0.2, 0.25) is 0 Å². The summed E-state index contributed by atoms with van der Waals surface area (Å²) in [5.41, 5.74) is 1.77. The van der Waals surface area contributed by atoms with Gasteiger partial charge in [-0.3, -0.25) is 4.72 Å². The van der Waals surface area contributed by atoms with Gasteiger partial charge in [0.2, 0.25) is 0 Å². The molecule has 0 spiro atoms. The summed E-state index contributed by atoms with van der Waals surface area (Å²) < 4.78 is 28.4. The van der Waals surface area contributed by atoms with Gasteiger partial charge >= 0.3 is 5.97 Å². The topological polar surface area (TPSA) is 104 Å². The van der Waals surface area contributed by atoms with E-state index in [1.807, 2.05) is 30.3 Å². The van der Waals surface area contributed by atoms with E-state index in [-0.39, 0.29) is 21.9 Å². The van der Waals surface area contributed by atoms with Gasteiger partial charge in [-0.1, -0.05) is 60.7 Å². The third kappa shape index (κ3) is 4.36. The maximum absolute atomic E-state index is 13.0. The molecule has 0 aliphatic carbocycles. The molecule has 4 rings (SSSR count). The van der Waals surface area contributed by atoms with Gasteiger partial charge in [-0.25, -0.2) is 13.2 Å². The molecule has 0 aliphatic rings. The molecule has 0 heterocycles. The number of hydrogen-bond acceptors (Lipinski definition) is 4. The zero-order chi connectivity index (χ0) is 22.0. The molecule has 4 aromatic carbocycles. The van der Waals surface area contributed by atoms with Crippen LogP contribution in [0.1, 0.15) is 21.5 Å². The maximum Gasteiger partial charge on any atom is 0.336 e. The van der Waals surface area contributed by atoms with Gasteiger partial charge in [0.05, 0.1) is 16.1 Å². The van der Waals surface area contributed by atoms with Crippen LogP contribution in [0.25, 0.3) is 10.8 Å². The average Bonchev–Trinajstić information content (AvgIpc) is 2.75. The fourth-order valence-corrected chi connectivity index (χ4v) is 4.55. The van der Waals surface area contributed by atoms with E-state index in [0.29, 0.717) is 17.2 Å². The molecule has 0 saturated heterocycles. The molecule has 3 N–H and O–H groups in total. The molecule has 4 aromatic rings. The minimum absolute atomic E-state index is 0.0264. The second-order valence-corrected chi connectivity index (χ2v) is 8.80. The molecule has 0 aliphatic heterocycles. The Hall–Kier alpha value is -3.84. The summed E-state index contributed by atoms with van der Waals surface area (Å²) in [6, 6.07) is 23.6. The second kappa shape index (κ2) is 8.12. The van der Waals surface area contributed by atoms with E-state index >= 15 is 0 Å². The van der Waals surface area contributed by atoms with Crippen molar-refractivity contribution in [3.63, 3.8) is 0 Å². The van der Waals surface area contributed by atoms with Crippen molar-refractivity contribution in [1.29, 1.82) is 0 Å². The number of aromatic carboxylic acids is 1. The minimum Gasteiger partial charge on any atom is -0.506 e. The molecule has 0 amide bonds. The standard InChI is InChI=1S/C24H19NO5S/c26-23-11-10-17(12-16-6-2-1-3-7-16)13-22(23)25-31(29,30)19-14-18-8-4-5-9-20(18)21(15-19)24(27)28/h1-11,13-15,25-26H,12H2,(H,27,28). The van der Waals surface area contributed by atoms with E-state index in [1.54, 1.807) is 36.4 Å². The van der Waals surface area contributed by atoms with E-state index in [9.17, 15) is 23.4 Å². The normalized spacial score (nSPS) is 11.4. The Bertz CT molecular complexity index is 1380. The summed E-state index contributed by atoms with van der Waals surface area (Å²) in [5.74, 6) is -1.44. The molecule has 0 bridgehead atoms. The Morgan fingerprint density at radius 2 is 1.55 bits per heavy atom. The number of carbonyl (C=O) groups is 1. The van der Waals surface area contributed by atoms with E-state index in [0.717, 1.165) is 17.2 Å². The molecule has 0 aromatic heterocycles. The molecule has 0 radical (unpaired) electrons. The largest absolute Gasteiger partial charge is 0.506 e. The van der Waals surface area contributed by atoms with Crippen molar-refractivity contribution in [3.8, 4) is 5.75 Å². The third-order valence-electron chi connectivity index (χ3n) is 4.93. The number of aromatic hydroxyl groups is 1. The van der Waals surface area contributed by atoms with Crippen LogP contribution < -0.4 is 4.72 Å². The molecule has 7 heteroatoms. The van der Waals surface area contributed by atoms with E-state index in [1.165, 1.54) is 12.1 Å². The fourth-order valence-electron chi connectivity index (χ4n) is 3.43. The Kier molecular flexibility index (Phi) is 5.35. The van der Waals surface area contributed by atoms with Crippen LogP contribution in [0.15, 0.2) is 89.8 Å². The van der Waals surface area contributed by atoms with Crippen molar-refractivity contribution < 1.29 is 23.4 Å². The number of sulfonamides is 1. The number of nitrogens with one attached hydrogen (secondary N) is 1. The number of phenolic OH excluding ortho intramolecular Hbond substituents is 1. The Labute approximate surface area is 179 Å². The quantitative estimate of drug-likeness (QED) is 0.385. The highest BCUT2D eigenvalue weighted by molar-refractivity contribution is 7.92. The molecule has 0 unspecified atom stereocenters. The first-order chi connectivity index (χ1) is 14.8. The number of hydrogen-bond donors (Lipinski definition) is 3. The first-order valence-electron chi connectivity index (χ1n) is 9.48. The van der Waals surface area contributed by atoms with Crippen LogP contribution in [0, 0.1) is 0 Å². The van der Waals surface area contributed by atoms with Crippen LogP contribution >= 0.6 is 0 Å². The van der Waals surface area contributed by atoms with Crippen molar-refractivity contribution in [2.45, 2.75) is 11.3 Å². The highest BCUT2D eigenvalue weighted by Gasteiger charge is 2.20. The predicted molar refractivity (Wildman–Crippen MR) is 119 cm³/mol. The van der Waals surface area contributed by atoms with Crippen LogP contribution in [0.4, 0.5) is 5.69 Å². The first kappa shape index (κ1) is 20.4. The molecule has 0 fully saturated rings. The number of carboxylic acid groups (broad SMARTS) is 1. The van der Waals surface area contributed by atoms with Crippen molar-refractivity contribution in [2.75, 3.05) is 4.72 Å². The average molecular weight is 433 g/mol. The van der Waals surface area contributed by atoms with Crippen molar-refractivity contribution >= 4 is 32.5 Å². The first-order valence-corrected chi connectivity index (χ1v) is 11.0. The molecule has 0 saturated carbocycles. The van der Waals surface area contributed by atoms with Gasteiger partial charge in [-0.2, -0.15) is 0 Å². The summed E-state index contributed by atoms with van der Waals surface area (Å²) in [7, 11) is -4.15. The molecule has 0 atom stereocenters. The lowest BCUT2D eigenvalue weighted by Crippen LogP contribution is -2.14. The number of rotatable bonds is 6. The second-order valence-electron chi connectivity index (χ2n) is 7.12. The van der Waals surface area contributed by atoms with Gasteiger partial charge in [0.15, 0.2) is 0 Å². The molecule has 31 heavy (non-hydrogen) atoms. The number of benzene rings is 4. The van der Waals surface area contributed by atoms with E-state index < -0.39 is 16.0 Å². The lowest BCUT2D eigenvalue weighted by atomic mass is 10.0. The zero-order valence-corrected chi connectivity index (χ0v) is 17.1. The Morgan fingerprint density at radius 1 is 0.839 bits per heavy atom. The lowest BCUT2D eigenvalue weighted by Gasteiger charge is -2.13. The smallest absolute Gasteiger partial charge is 0.336 e. The van der Waals surface area contributed by atoms with Gasteiger partial charge in [0, 0.05) is 0 Å². The van der Waals surface area contributed by atoms with Crippen molar-refractivity contribution in [3.05, 3.63) is 102 Å². The molecular formula is C24H19NO5S. The van der Waals surface area contributed by atoms with Crippen LogP contribution in [-0.4, -0.2) is 24.6 Å². The van der Waals surface area contributed by atoms with Gasteiger partial charge in [0.25, 0.3) is 10.0 Å². The number of anilines is 1. The van der Waals surface area contributed by atoms with E-state index in [2.05, 4.69) is 4.72 Å². The highest BCUT2D eigenvalue weighted by Crippen LogP contribution is 2.30. The Morgan fingerprint density at radius 3 is 2.29 bits per heavy atom. The molecule has 156 valence electrons. The van der Waals surface area contributed by atoms with Gasteiger partial charge < -0.3 is 10.2 Å². The van der Waals surface area contributed by atoms with Crippen LogP contribution in [-0.2, 0) is 16.4 Å². The number of carboxylic acids is 1. The minimum atomic E-state index is -4.15. The predicted octanol–water partition coefficient (Wildman–Crippen LogP) is 4.64. The monoisotopic (exact) mass is 433 g/mol. The van der Waals surface area contributed by atoms with Crippen LogP contribution in [0.3, 0.4) is 0 Å². The third-order valence-corrected chi connectivity index (χ3v) is 6.28. The maximum atomic E-state index is 13.0. The van der Waals surface area contributed by atoms with Gasteiger partial charge in [0.1, 0.15) is 5.75 Å².